The summed E-state index contributed by atoms with van der Waals surface area (Å²) in [5, 5.41) is 0. The molecule has 0 radical (unpaired) electrons. The van der Waals surface area contributed by atoms with Crippen LogP contribution in [-0.4, -0.2) is 57.5 Å². The molecule has 0 aromatic heterocycles. The van der Waals surface area contributed by atoms with Crippen molar-refractivity contribution in [1.82, 2.24) is 14.7 Å². The van der Waals surface area contributed by atoms with Crippen LogP contribution >= 0.6 is 22.6 Å². The fraction of sp³-hybridized carbons (Fsp3) is 0.867. The molecule has 0 bridgehead atoms. The summed E-state index contributed by atoms with van der Waals surface area (Å²) in [7, 11) is 0. The van der Waals surface area contributed by atoms with Gasteiger partial charge in [-0.15, -0.1) is 0 Å². The molecular formula is C15H30IN3. The fourth-order valence-corrected chi connectivity index (χ4v) is 4.72. The van der Waals surface area contributed by atoms with E-state index < -0.39 is 0 Å². The van der Waals surface area contributed by atoms with Gasteiger partial charge in [-0.3, -0.25) is 4.90 Å². The van der Waals surface area contributed by atoms with Gasteiger partial charge in [0.25, 0.3) is 0 Å². The van der Waals surface area contributed by atoms with E-state index in [1.165, 1.54) is 0 Å². The molecule has 0 saturated heterocycles. The van der Waals surface area contributed by atoms with E-state index in [0.29, 0.717) is 0 Å². The summed E-state index contributed by atoms with van der Waals surface area (Å²) >= 11 is 2.67. The number of likely N-dealkylation sites (N-methyl/N-ethyl adjacent to an activating group) is 3. The summed E-state index contributed by atoms with van der Waals surface area (Å²) in [6.45, 7) is 20.2. The molecule has 0 amide bonds. The van der Waals surface area contributed by atoms with Gasteiger partial charge >= 0.3 is 0 Å². The Morgan fingerprint density at radius 1 is 0.684 bits per heavy atom. The summed E-state index contributed by atoms with van der Waals surface area (Å²) in [4.78, 5) is 7.63. The lowest BCUT2D eigenvalue weighted by atomic mass is 10.3. The van der Waals surface area contributed by atoms with Gasteiger partial charge in [0.2, 0.25) is 0 Å². The lowest BCUT2D eigenvalue weighted by Gasteiger charge is -2.32. The fourth-order valence-electron chi connectivity index (χ4n) is 2.98. The summed E-state index contributed by atoms with van der Waals surface area (Å²) in [6.07, 6.45) is 0. The molecule has 0 aromatic rings. The average molecular weight is 379 g/mol. The molecule has 0 aromatic carbocycles. The van der Waals surface area contributed by atoms with Crippen LogP contribution in [0.1, 0.15) is 41.5 Å². The maximum Gasteiger partial charge on any atom is 0.157 e. The Hall–Kier alpha value is 0.0300. The normalized spacial score (nSPS) is 17.1. The molecule has 1 aliphatic rings. The van der Waals surface area contributed by atoms with Gasteiger partial charge in [0.1, 0.15) is 0 Å². The molecule has 0 N–H and O–H groups in total. The number of rotatable bonds is 9. The summed E-state index contributed by atoms with van der Waals surface area (Å²) < 4.78 is 0.138. The van der Waals surface area contributed by atoms with E-state index in [9.17, 15) is 0 Å². The van der Waals surface area contributed by atoms with Gasteiger partial charge in [-0.05, 0) is 63.4 Å². The van der Waals surface area contributed by atoms with Crippen LogP contribution in [0, 0.1) is 0 Å². The smallest absolute Gasteiger partial charge is 0.157 e. The minimum Gasteiger partial charge on any atom is -0.371 e. The Balaban J connectivity index is 3.08. The van der Waals surface area contributed by atoms with Crippen molar-refractivity contribution in [2.24, 2.45) is 0 Å². The molecule has 0 heterocycles. The van der Waals surface area contributed by atoms with Gasteiger partial charge in [0.05, 0.1) is 11.4 Å². The molecule has 0 aliphatic heterocycles. The van der Waals surface area contributed by atoms with Crippen LogP contribution in [0.25, 0.3) is 0 Å². The second-order valence-corrected chi connectivity index (χ2v) is 6.40. The summed E-state index contributed by atoms with van der Waals surface area (Å²) in [5.74, 6) is 0. The van der Waals surface area contributed by atoms with E-state index in [0.717, 1.165) is 39.3 Å². The van der Waals surface area contributed by atoms with Gasteiger partial charge in [-0.2, -0.15) is 0 Å². The number of hydrogen-bond donors (Lipinski definition) is 0. The second-order valence-electron chi connectivity index (χ2n) is 4.84. The molecule has 1 rings (SSSR count). The predicted octanol–water partition coefficient (Wildman–Crippen LogP) is 3.37. The molecule has 19 heavy (non-hydrogen) atoms. The molecule has 112 valence electrons. The van der Waals surface area contributed by atoms with Crippen molar-refractivity contribution in [3.8, 4) is 0 Å². The van der Waals surface area contributed by atoms with E-state index in [4.69, 9.17) is 0 Å². The van der Waals surface area contributed by atoms with Crippen LogP contribution < -0.4 is 0 Å². The Kier molecular flexibility index (Phi) is 6.43. The van der Waals surface area contributed by atoms with Crippen molar-refractivity contribution in [1.29, 1.82) is 0 Å². The van der Waals surface area contributed by atoms with Gasteiger partial charge in [0, 0.05) is 26.2 Å². The third kappa shape index (κ3) is 2.89. The van der Waals surface area contributed by atoms with Gasteiger partial charge in [-0.25, -0.2) is 0 Å². The van der Waals surface area contributed by atoms with Gasteiger partial charge < -0.3 is 9.80 Å². The lowest BCUT2D eigenvalue weighted by Crippen LogP contribution is -2.41. The first-order valence-corrected chi connectivity index (χ1v) is 8.83. The van der Waals surface area contributed by atoms with Crippen LogP contribution in [0.5, 0.6) is 0 Å². The SMILES string of the molecule is CCN(CC)C1=C(N(CC)CC)C1(I)N(CC)CC. The lowest BCUT2D eigenvalue weighted by molar-refractivity contribution is 0.242. The first-order chi connectivity index (χ1) is 9.06. The van der Waals surface area contributed by atoms with E-state index in [-0.39, 0.29) is 3.55 Å². The van der Waals surface area contributed by atoms with Crippen molar-refractivity contribution in [2.75, 3.05) is 39.3 Å². The zero-order chi connectivity index (χ0) is 14.6. The highest BCUT2D eigenvalue weighted by atomic mass is 127. The number of alkyl halides is 1. The monoisotopic (exact) mass is 379 g/mol. The van der Waals surface area contributed by atoms with E-state index >= 15 is 0 Å². The number of nitrogens with zero attached hydrogens (tertiary/aromatic N) is 3. The van der Waals surface area contributed by atoms with Crippen molar-refractivity contribution in [2.45, 2.75) is 45.1 Å². The summed E-state index contributed by atoms with van der Waals surface area (Å²) in [5.41, 5.74) is 3.09. The van der Waals surface area contributed by atoms with Crippen molar-refractivity contribution in [3.05, 3.63) is 11.4 Å². The molecule has 0 saturated carbocycles. The first kappa shape index (κ1) is 17.1. The quantitative estimate of drug-likeness (QED) is 0.346. The minimum absolute atomic E-state index is 0.138. The standard InChI is InChI=1S/C15H30IN3/c1-7-17(8-2)13-14(18(9-3)10-4)15(13,16)19(11-5)12-6/h7-12H2,1-6H3. The zero-order valence-corrected chi connectivity index (χ0v) is 15.6. The van der Waals surface area contributed by atoms with Crippen molar-refractivity contribution in [3.63, 3.8) is 0 Å². The van der Waals surface area contributed by atoms with Gasteiger partial charge in [0.15, 0.2) is 3.55 Å². The Bertz CT molecular complexity index is 293. The molecule has 0 spiro atoms. The molecule has 0 atom stereocenters. The van der Waals surface area contributed by atoms with Crippen LogP contribution in [0.2, 0.25) is 0 Å². The minimum atomic E-state index is 0.138. The highest BCUT2D eigenvalue weighted by Gasteiger charge is 2.59. The third-order valence-electron chi connectivity index (χ3n) is 4.15. The van der Waals surface area contributed by atoms with Crippen LogP contribution in [0.4, 0.5) is 0 Å². The maximum atomic E-state index is 2.67. The number of hydrogen-bond acceptors (Lipinski definition) is 3. The van der Waals surface area contributed by atoms with Crippen molar-refractivity contribution < 1.29 is 0 Å². The zero-order valence-electron chi connectivity index (χ0n) is 13.5. The average Bonchev–Trinajstić information content (AvgIpc) is 3.01. The molecule has 0 unspecified atom stereocenters. The Morgan fingerprint density at radius 2 is 1.00 bits per heavy atom. The molecule has 4 heteroatoms. The Morgan fingerprint density at radius 3 is 1.21 bits per heavy atom. The Labute approximate surface area is 133 Å². The maximum absolute atomic E-state index is 2.67. The summed E-state index contributed by atoms with van der Waals surface area (Å²) in [6, 6.07) is 0. The predicted molar refractivity (Wildman–Crippen MR) is 92.5 cm³/mol. The molecule has 0 fully saturated rings. The highest BCUT2D eigenvalue weighted by molar-refractivity contribution is 14.1. The van der Waals surface area contributed by atoms with Crippen LogP contribution in [0.3, 0.4) is 0 Å². The number of halogens is 1. The topological polar surface area (TPSA) is 9.72 Å². The third-order valence-corrected chi connectivity index (χ3v) is 5.85. The molecule has 1 aliphatic carbocycles. The van der Waals surface area contributed by atoms with Crippen LogP contribution in [-0.2, 0) is 0 Å². The second kappa shape index (κ2) is 7.16. The van der Waals surface area contributed by atoms with Crippen LogP contribution in [0.15, 0.2) is 11.4 Å². The van der Waals surface area contributed by atoms with E-state index in [2.05, 4.69) is 78.8 Å². The largest absolute Gasteiger partial charge is 0.371 e. The van der Waals surface area contributed by atoms with Gasteiger partial charge in [-0.1, -0.05) is 13.8 Å². The first-order valence-electron chi connectivity index (χ1n) is 7.75. The molecular weight excluding hydrogens is 349 g/mol. The highest BCUT2D eigenvalue weighted by Crippen LogP contribution is 2.56. The van der Waals surface area contributed by atoms with E-state index in [1.54, 1.807) is 11.4 Å². The molecule has 3 nitrogen and oxygen atoms in total. The van der Waals surface area contributed by atoms with Crippen molar-refractivity contribution >= 4 is 22.6 Å². The van der Waals surface area contributed by atoms with E-state index in [1.807, 2.05) is 0 Å².